The van der Waals surface area contributed by atoms with E-state index in [1.165, 1.54) is 116 Å². The fourth-order valence-electron chi connectivity index (χ4n) is 5.39. The average molecular weight is 594 g/mol. The predicted molar refractivity (Wildman–Crippen MR) is 181 cm³/mol. The standard InChI is InChI=1S/C37H71NO4/c1-3-5-7-9-11-13-15-16-17-18-19-21-22-24-26-28-30-34(40)32-37(42)38-35(33-39)36(41)31-29-27-25-23-20-14-12-10-8-6-4-2/h19,21,29,31,34-36,39-41H,3-18,20,22-28,30,32-33H2,1-2H3,(H,38,42)/b21-19-,31-29+. The monoisotopic (exact) mass is 594 g/mol. The summed E-state index contributed by atoms with van der Waals surface area (Å²) in [6.45, 7) is 4.18. The highest BCUT2D eigenvalue weighted by Crippen LogP contribution is 2.13. The number of amides is 1. The lowest BCUT2D eigenvalue weighted by molar-refractivity contribution is -0.124. The minimum atomic E-state index is -0.928. The molecule has 0 fully saturated rings. The maximum Gasteiger partial charge on any atom is 0.222 e. The van der Waals surface area contributed by atoms with Crippen LogP contribution in [0.2, 0.25) is 0 Å². The van der Waals surface area contributed by atoms with Crippen LogP contribution in [0.5, 0.6) is 0 Å². The number of carbonyl (C=O) groups is 1. The van der Waals surface area contributed by atoms with Crippen LogP contribution in [0.15, 0.2) is 24.3 Å². The Labute approximate surface area is 261 Å². The van der Waals surface area contributed by atoms with Crippen molar-refractivity contribution in [3.05, 3.63) is 24.3 Å². The highest BCUT2D eigenvalue weighted by molar-refractivity contribution is 5.76. The molecule has 0 rings (SSSR count). The number of aliphatic hydroxyl groups excluding tert-OH is 3. The summed E-state index contributed by atoms with van der Waals surface area (Å²) >= 11 is 0. The summed E-state index contributed by atoms with van der Waals surface area (Å²) in [7, 11) is 0. The van der Waals surface area contributed by atoms with Gasteiger partial charge in [0.1, 0.15) is 0 Å². The van der Waals surface area contributed by atoms with Crippen LogP contribution >= 0.6 is 0 Å². The Bertz CT molecular complexity index is 621. The van der Waals surface area contributed by atoms with Crippen LogP contribution in [0.1, 0.15) is 181 Å². The van der Waals surface area contributed by atoms with Crippen molar-refractivity contribution in [2.24, 2.45) is 0 Å². The summed E-state index contributed by atoms with van der Waals surface area (Å²) in [5, 5.41) is 32.9. The van der Waals surface area contributed by atoms with Crippen molar-refractivity contribution in [1.29, 1.82) is 0 Å². The van der Waals surface area contributed by atoms with Crippen molar-refractivity contribution in [1.82, 2.24) is 5.32 Å². The third-order valence-electron chi connectivity index (χ3n) is 8.23. The van der Waals surface area contributed by atoms with E-state index in [1.807, 2.05) is 6.08 Å². The molecule has 0 saturated heterocycles. The number of aliphatic hydroxyl groups is 3. The first-order chi connectivity index (χ1) is 20.5. The lowest BCUT2D eigenvalue weighted by Crippen LogP contribution is -2.45. The molecule has 3 unspecified atom stereocenters. The lowest BCUT2D eigenvalue weighted by Gasteiger charge is -2.21. The zero-order valence-electron chi connectivity index (χ0n) is 27.9. The quantitative estimate of drug-likeness (QED) is 0.0462. The minimum absolute atomic E-state index is 0.00399. The molecular weight excluding hydrogens is 522 g/mol. The minimum Gasteiger partial charge on any atom is -0.394 e. The number of hydrogen-bond acceptors (Lipinski definition) is 4. The zero-order chi connectivity index (χ0) is 30.9. The van der Waals surface area contributed by atoms with Gasteiger partial charge in [0.25, 0.3) is 0 Å². The van der Waals surface area contributed by atoms with E-state index in [2.05, 4.69) is 31.3 Å². The van der Waals surface area contributed by atoms with Gasteiger partial charge in [0, 0.05) is 0 Å². The molecule has 248 valence electrons. The van der Waals surface area contributed by atoms with Crippen molar-refractivity contribution < 1.29 is 20.1 Å². The van der Waals surface area contributed by atoms with Crippen molar-refractivity contribution in [2.75, 3.05) is 6.61 Å². The summed E-state index contributed by atoms with van der Waals surface area (Å²) in [6.07, 6.45) is 37.3. The van der Waals surface area contributed by atoms with Gasteiger partial charge in [0.05, 0.1) is 31.3 Å². The third-order valence-corrected chi connectivity index (χ3v) is 8.23. The molecule has 0 spiro atoms. The molecule has 0 aromatic rings. The Morgan fingerprint density at radius 3 is 1.45 bits per heavy atom. The van der Waals surface area contributed by atoms with Crippen LogP contribution in [0.25, 0.3) is 0 Å². The molecule has 3 atom stereocenters. The number of allylic oxidation sites excluding steroid dienone is 3. The second-order valence-corrected chi connectivity index (χ2v) is 12.5. The van der Waals surface area contributed by atoms with Crippen LogP contribution in [-0.4, -0.2) is 46.1 Å². The summed E-state index contributed by atoms with van der Waals surface area (Å²) in [5.74, 6) is -0.327. The van der Waals surface area contributed by atoms with Gasteiger partial charge in [0.15, 0.2) is 0 Å². The molecule has 0 saturated carbocycles. The zero-order valence-corrected chi connectivity index (χ0v) is 27.9. The molecule has 4 N–H and O–H groups in total. The molecule has 0 heterocycles. The third kappa shape index (κ3) is 28.9. The normalized spacial score (nSPS) is 14.1. The molecule has 0 radical (unpaired) electrons. The Morgan fingerprint density at radius 1 is 0.595 bits per heavy atom. The van der Waals surface area contributed by atoms with Crippen LogP contribution in [0.4, 0.5) is 0 Å². The molecule has 0 aliphatic heterocycles. The molecule has 1 amide bonds. The Hall–Kier alpha value is -1.17. The van der Waals surface area contributed by atoms with Crippen molar-refractivity contribution in [2.45, 2.75) is 199 Å². The van der Waals surface area contributed by atoms with E-state index in [0.29, 0.717) is 6.42 Å². The number of carbonyl (C=O) groups excluding carboxylic acids is 1. The van der Waals surface area contributed by atoms with Crippen LogP contribution in [0.3, 0.4) is 0 Å². The van der Waals surface area contributed by atoms with Crippen LogP contribution in [0, 0.1) is 0 Å². The Balaban J connectivity index is 3.76. The molecule has 0 bridgehead atoms. The molecule has 0 aromatic carbocycles. The number of hydrogen-bond donors (Lipinski definition) is 4. The van der Waals surface area contributed by atoms with E-state index in [0.717, 1.165) is 38.5 Å². The van der Waals surface area contributed by atoms with E-state index in [4.69, 9.17) is 0 Å². The van der Waals surface area contributed by atoms with E-state index in [-0.39, 0.29) is 18.9 Å². The van der Waals surface area contributed by atoms with Gasteiger partial charge >= 0.3 is 0 Å². The van der Waals surface area contributed by atoms with Gasteiger partial charge in [-0.3, -0.25) is 4.79 Å². The maximum atomic E-state index is 12.3. The topological polar surface area (TPSA) is 89.8 Å². The van der Waals surface area contributed by atoms with Gasteiger partial charge in [0.2, 0.25) is 5.91 Å². The van der Waals surface area contributed by atoms with E-state index in [1.54, 1.807) is 6.08 Å². The molecule has 42 heavy (non-hydrogen) atoms. The van der Waals surface area contributed by atoms with Crippen LogP contribution in [-0.2, 0) is 4.79 Å². The smallest absolute Gasteiger partial charge is 0.222 e. The fourth-order valence-corrected chi connectivity index (χ4v) is 5.39. The highest BCUT2D eigenvalue weighted by atomic mass is 16.3. The first kappa shape index (κ1) is 40.8. The molecule has 5 nitrogen and oxygen atoms in total. The summed E-state index contributed by atoms with van der Waals surface area (Å²) in [4.78, 5) is 12.3. The number of nitrogens with one attached hydrogen (secondary N) is 1. The average Bonchev–Trinajstić information content (AvgIpc) is 2.98. The van der Waals surface area contributed by atoms with E-state index in [9.17, 15) is 20.1 Å². The highest BCUT2D eigenvalue weighted by Gasteiger charge is 2.20. The summed E-state index contributed by atoms with van der Waals surface area (Å²) in [5.41, 5.74) is 0. The van der Waals surface area contributed by atoms with Gasteiger partial charge in [-0.05, 0) is 44.9 Å². The number of rotatable bonds is 32. The lowest BCUT2D eigenvalue weighted by atomic mass is 10.0. The first-order valence-corrected chi connectivity index (χ1v) is 18.1. The van der Waals surface area contributed by atoms with E-state index >= 15 is 0 Å². The summed E-state index contributed by atoms with van der Waals surface area (Å²) < 4.78 is 0. The fraction of sp³-hybridized carbons (Fsp3) is 0.865. The van der Waals surface area contributed by atoms with Crippen LogP contribution < -0.4 is 5.32 Å². The number of unbranched alkanes of at least 4 members (excludes halogenated alkanes) is 21. The van der Waals surface area contributed by atoms with Gasteiger partial charge in [-0.2, -0.15) is 0 Å². The molecule has 5 heteroatoms. The molecule has 0 aromatic heterocycles. The Morgan fingerprint density at radius 2 is 1.00 bits per heavy atom. The second-order valence-electron chi connectivity index (χ2n) is 12.5. The largest absolute Gasteiger partial charge is 0.394 e. The molecular formula is C37H71NO4. The molecule has 0 aliphatic rings. The maximum absolute atomic E-state index is 12.3. The van der Waals surface area contributed by atoms with Gasteiger partial charge in [-0.15, -0.1) is 0 Å². The van der Waals surface area contributed by atoms with Gasteiger partial charge in [-0.25, -0.2) is 0 Å². The Kier molecular flexibility index (Phi) is 31.8. The SMILES string of the molecule is CCCCCCCCCCC/C=C\CCCCCC(O)CC(=O)NC(CO)C(O)/C=C/CCCCCCCCCCC. The predicted octanol–water partition coefficient (Wildman–Crippen LogP) is 9.48. The van der Waals surface area contributed by atoms with Crippen molar-refractivity contribution in [3.63, 3.8) is 0 Å². The van der Waals surface area contributed by atoms with Gasteiger partial charge < -0.3 is 20.6 Å². The van der Waals surface area contributed by atoms with Gasteiger partial charge in [-0.1, -0.05) is 154 Å². The second kappa shape index (κ2) is 32.7. The summed E-state index contributed by atoms with van der Waals surface area (Å²) in [6, 6.07) is -0.744. The first-order valence-electron chi connectivity index (χ1n) is 18.1. The van der Waals surface area contributed by atoms with Crippen molar-refractivity contribution >= 4 is 5.91 Å². The van der Waals surface area contributed by atoms with E-state index < -0.39 is 18.2 Å². The van der Waals surface area contributed by atoms with Crippen molar-refractivity contribution in [3.8, 4) is 0 Å². The molecule has 0 aliphatic carbocycles.